The third-order valence-electron chi connectivity index (χ3n) is 5.41. The van der Waals surface area contributed by atoms with Crippen LogP contribution in [-0.4, -0.2) is 44.7 Å². The molecule has 8 heteroatoms. The molecule has 1 aromatic rings. The van der Waals surface area contributed by atoms with Crippen molar-refractivity contribution in [2.24, 2.45) is 5.92 Å². The van der Waals surface area contributed by atoms with E-state index in [4.69, 9.17) is 0 Å². The molecule has 2 heterocycles. The molecule has 1 saturated carbocycles. The van der Waals surface area contributed by atoms with Gasteiger partial charge in [0.15, 0.2) is 4.34 Å². The van der Waals surface area contributed by atoms with Crippen LogP contribution in [0.4, 0.5) is 5.13 Å². The van der Waals surface area contributed by atoms with Gasteiger partial charge in [-0.15, -0.1) is 10.2 Å². The molecule has 26 heavy (non-hydrogen) atoms. The average Bonchev–Trinajstić information content (AvgIpc) is 3.08. The maximum atomic E-state index is 12.6. The molecule has 0 radical (unpaired) electrons. The quantitative estimate of drug-likeness (QED) is 0.603. The summed E-state index contributed by atoms with van der Waals surface area (Å²) in [5.41, 5.74) is 0. The number of aromatic nitrogens is 2. The van der Waals surface area contributed by atoms with E-state index < -0.39 is 0 Å². The Hall–Kier alpha value is -1.15. The molecule has 0 bridgehead atoms. The molecule has 1 aliphatic carbocycles. The van der Waals surface area contributed by atoms with E-state index in [1.807, 2.05) is 4.90 Å². The Labute approximate surface area is 163 Å². The summed E-state index contributed by atoms with van der Waals surface area (Å²) in [6.45, 7) is 4.25. The van der Waals surface area contributed by atoms with Crippen LogP contribution in [0.2, 0.25) is 0 Å². The molecule has 144 valence electrons. The van der Waals surface area contributed by atoms with E-state index in [9.17, 15) is 9.59 Å². The van der Waals surface area contributed by atoms with Gasteiger partial charge in [-0.3, -0.25) is 9.59 Å². The minimum atomic E-state index is 0.0597. The lowest BCUT2D eigenvalue weighted by Crippen LogP contribution is -2.48. The predicted molar refractivity (Wildman–Crippen MR) is 105 cm³/mol. The summed E-state index contributed by atoms with van der Waals surface area (Å²) in [6.07, 6.45) is 8.77. The molecule has 2 atom stereocenters. The number of hydrogen-bond acceptors (Lipinski definition) is 6. The molecule has 1 N–H and O–H groups in total. The number of hydrogen-bond donors (Lipinski definition) is 1. The molecule has 1 aliphatic heterocycles. The van der Waals surface area contributed by atoms with Gasteiger partial charge in [-0.25, -0.2) is 0 Å². The molecule has 2 amide bonds. The van der Waals surface area contributed by atoms with Crippen LogP contribution in [0.3, 0.4) is 0 Å². The lowest BCUT2D eigenvalue weighted by Gasteiger charge is -2.39. The number of amides is 2. The van der Waals surface area contributed by atoms with Crippen molar-refractivity contribution in [3.8, 4) is 0 Å². The van der Waals surface area contributed by atoms with Crippen molar-refractivity contribution >= 4 is 40.0 Å². The third kappa shape index (κ3) is 4.97. The molecule has 0 spiro atoms. The number of carbonyl (C=O) groups is 2. The number of nitrogens with one attached hydrogen (secondary N) is 1. The van der Waals surface area contributed by atoms with Gasteiger partial charge in [0.2, 0.25) is 16.9 Å². The van der Waals surface area contributed by atoms with Crippen molar-refractivity contribution in [2.75, 3.05) is 11.1 Å². The highest BCUT2D eigenvalue weighted by Gasteiger charge is 2.29. The van der Waals surface area contributed by atoms with Gasteiger partial charge in [0, 0.05) is 18.0 Å². The van der Waals surface area contributed by atoms with E-state index in [1.54, 1.807) is 0 Å². The second-order valence-corrected chi connectivity index (χ2v) is 9.62. The number of thioether (sulfide) groups is 1. The highest BCUT2D eigenvalue weighted by Crippen LogP contribution is 2.30. The van der Waals surface area contributed by atoms with Gasteiger partial charge >= 0.3 is 0 Å². The standard InChI is InChI=1S/C18H28N4O2S2/c1-12-7-6-8-13(2)22(12)15(23)11-25-18-21-20-17(26-18)19-16(24)14-9-4-3-5-10-14/h12-14H,3-11H2,1-2H3,(H,19,20,24). The van der Waals surface area contributed by atoms with Gasteiger partial charge in [0.1, 0.15) is 0 Å². The SMILES string of the molecule is CC1CCCC(C)N1C(=O)CSc1nnc(NC(=O)C2CCCCC2)s1. The number of likely N-dealkylation sites (tertiary alicyclic amines) is 1. The van der Waals surface area contributed by atoms with E-state index in [0.717, 1.165) is 42.9 Å². The predicted octanol–water partition coefficient (Wildman–Crippen LogP) is 3.94. The van der Waals surface area contributed by atoms with E-state index in [1.165, 1.54) is 35.9 Å². The van der Waals surface area contributed by atoms with Crippen LogP contribution in [0, 0.1) is 5.92 Å². The van der Waals surface area contributed by atoms with Crippen LogP contribution in [0.5, 0.6) is 0 Å². The molecular formula is C18H28N4O2S2. The van der Waals surface area contributed by atoms with Crippen LogP contribution >= 0.6 is 23.1 Å². The van der Waals surface area contributed by atoms with Gasteiger partial charge in [0.05, 0.1) is 5.75 Å². The van der Waals surface area contributed by atoms with Gasteiger partial charge in [-0.2, -0.15) is 0 Å². The van der Waals surface area contributed by atoms with Crippen LogP contribution in [0.25, 0.3) is 0 Å². The first kappa shape index (κ1) is 19.6. The Bertz CT molecular complexity index is 620. The zero-order valence-corrected chi connectivity index (χ0v) is 17.2. The fourth-order valence-electron chi connectivity index (χ4n) is 4.00. The summed E-state index contributed by atoms with van der Waals surface area (Å²) in [4.78, 5) is 26.9. The van der Waals surface area contributed by atoms with Crippen LogP contribution in [0.1, 0.15) is 65.2 Å². The molecule has 3 rings (SSSR count). The monoisotopic (exact) mass is 396 g/mol. The molecule has 6 nitrogen and oxygen atoms in total. The second-order valence-electron chi connectivity index (χ2n) is 7.42. The Balaban J connectivity index is 1.48. The highest BCUT2D eigenvalue weighted by molar-refractivity contribution is 8.01. The first-order chi connectivity index (χ1) is 12.5. The van der Waals surface area contributed by atoms with Crippen molar-refractivity contribution in [3.63, 3.8) is 0 Å². The largest absolute Gasteiger partial charge is 0.337 e. The van der Waals surface area contributed by atoms with Crippen LogP contribution < -0.4 is 5.32 Å². The summed E-state index contributed by atoms with van der Waals surface area (Å²) in [6, 6.07) is 0.623. The summed E-state index contributed by atoms with van der Waals surface area (Å²) in [5.74, 6) is 0.703. The maximum absolute atomic E-state index is 12.6. The number of rotatable bonds is 5. The topological polar surface area (TPSA) is 75.2 Å². The Morgan fingerprint density at radius 3 is 2.46 bits per heavy atom. The fraction of sp³-hybridized carbons (Fsp3) is 0.778. The van der Waals surface area contributed by atoms with Crippen LogP contribution in [0.15, 0.2) is 4.34 Å². The van der Waals surface area contributed by atoms with Gasteiger partial charge in [-0.05, 0) is 46.0 Å². The minimum Gasteiger partial charge on any atom is -0.337 e. The van der Waals surface area contributed by atoms with E-state index >= 15 is 0 Å². The Morgan fingerprint density at radius 1 is 1.08 bits per heavy atom. The Kier molecular flexibility index (Phi) is 6.92. The van der Waals surface area contributed by atoms with Crippen molar-refractivity contribution in [3.05, 3.63) is 0 Å². The van der Waals surface area contributed by atoms with E-state index in [2.05, 4.69) is 29.4 Å². The number of carbonyl (C=O) groups excluding carboxylic acids is 2. The summed E-state index contributed by atoms with van der Waals surface area (Å²) >= 11 is 2.77. The third-order valence-corrected chi connectivity index (χ3v) is 7.37. The van der Waals surface area contributed by atoms with Crippen LogP contribution in [-0.2, 0) is 9.59 Å². The maximum Gasteiger partial charge on any atom is 0.233 e. The normalized spacial score (nSPS) is 24.5. The van der Waals surface area contributed by atoms with Gasteiger partial charge < -0.3 is 10.2 Å². The summed E-state index contributed by atoms with van der Waals surface area (Å²) in [5, 5.41) is 11.6. The molecule has 2 unspecified atom stereocenters. The molecule has 2 aliphatic rings. The van der Waals surface area contributed by atoms with E-state index in [0.29, 0.717) is 23.0 Å². The first-order valence-electron chi connectivity index (χ1n) is 9.63. The zero-order chi connectivity index (χ0) is 18.5. The summed E-state index contributed by atoms with van der Waals surface area (Å²) in [7, 11) is 0. The number of piperidine rings is 1. The van der Waals surface area contributed by atoms with Crippen molar-refractivity contribution in [1.82, 2.24) is 15.1 Å². The minimum absolute atomic E-state index is 0.0597. The van der Waals surface area contributed by atoms with Crippen molar-refractivity contribution in [1.29, 1.82) is 0 Å². The second kappa shape index (κ2) is 9.17. The number of anilines is 1. The fourth-order valence-corrected chi connectivity index (χ4v) is 5.63. The molecule has 2 fully saturated rings. The average molecular weight is 397 g/mol. The molecular weight excluding hydrogens is 368 g/mol. The van der Waals surface area contributed by atoms with Crippen molar-refractivity contribution < 1.29 is 9.59 Å². The van der Waals surface area contributed by atoms with E-state index in [-0.39, 0.29) is 17.7 Å². The lowest BCUT2D eigenvalue weighted by molar-refractivity contribution is -0.134. The smallest absolute Gasteiger partial charge is 0.233 e. The zero-order valence-electron chi connectivity index (χ0n) is 15.6. The number of nitrogens with zero attached hydrogens (tertiary/aromatic N) is 3. The van der Waals surface area contributed by atoms with Crippen molar-refractivity contribution in [2.45, 2.75) is 81.6 Å². The Morgan fingerprint density at radius 2 is 1.77 bits per heavy atom. The summed E-state index contributed by atoms with van der Waals surface area (Å²) < 4.78 is 0.731. The lowest BCUT2D eigenvalue weighted by atomic mass is 9.89. The molecule has 1 aromatic heterocycles. The first-order valence-corrected chi connectivity index (χ1v) is 11.4. The molecule has 1 saturated heterocycles. The van der Waals surface area contributed by atoms with Gasteiger partial charge in [0.25, 0.3) is 0 Å². The van der Waals surface area contributed by atoms with Gasteiger partial charge in [-0.1, -0.05) is 42.4 Å². The molecule has 0 aromatic carbocycles. The highest BCUT2D eigenvalue weighted by atomic mass is 32.2.